The van der Waals surface area contributed by atoms with Crippen molar-refractivity contribution in [3.05, 3.63) is 60.7 Å². The molecule has 1 aliphatic heterocycles. The number of hydrogen-bond donors (Lipinski definition) is 1. The fourth-order valence-corrected chi connectivity index (χ4v) is 8.03. The van der Waals surface area contributed by atoms with Crippen LogP contribution < -0.4 is 15.9 Å². The Labute approximate surface area is 146 Å². The molecular weight excluding hydrogens is 314 g/mol. The molecule has 0 aromatic heterocycles. The molecule has 24 heavy (non-hydrogen) atoms. The Hall–Kier alpha value is -1.46. The summed E-state index contributed by atoms with van der Waals surface area (Å²) >= 11 is 0. The first-order chi connectivity index (χ1) is 11.4. The van der Waals surface area contributed by atoms with Crippen molar-refractivity contribution >= 4 is 18.7 Å². The Balaban J connectivity index is 2.06. The molecule has 2 atom stereocenters. The van der Waals surface area contributed by atoms with Gasteiger partial charge in [0.2, 0.25) is 0 Å². The van der Waals surface area contributed by atoms with E-state index in [2.05, 4.69) is 93.8 Å². The van der Waals surface area contributed by atoms with E-state index in [0.717, 1.165) is 0 Å². The molecule has 2 aromatic rings. The number of hydroxylamine groups is 1. The van der Waals surface area contributed by atoms with Gasteiger partial charge >= 0.3 is 0 Å². The van der Waals surface area contributed by atoms with Gasteiger partial charge in [-0.1, -0.05) is 81.4 Å². The van der Waals surface area contributed by atoms with E-state index in [4.69, 9.17) is 9.26 Å². The lowest BCUT2D eigenvalue weighted by molar-refractivity contribution is -0.168. The van der Waals surface area contributed by atoms with Crippen LogP contribution in [0.5, 0.6) is 0 Å². The molecule has 0 radical (unpaired) electrons. The zero-order valence-electron chi connectivity index (χ0n) is 15.0. The molecule has 0 unspecified atom stereocenters. The third kappa shape index (κ3) is 3.07. The van der Waals surface area contributed by atoms with E-state index < -0.39 is 8.32 Å². The Bertz CT molecular complexity index is 615. The smallest absolute Gasteiger partial charge is 0.261 e. The molecule has 1 saturated heterocycles. The molecule has 128 valence electrons. The molecule has 2 aromatic carbocycles. The predicted molar refractivity (Wildman–Crippen MR) is 101 cm³/mol. The molecule has 0 amide bonds. The van der Waals surface area contributed by atoms with Crippen LogP contribution in [0.2, 0.25) is 5.04 Å². The van der Waals surface area contributed by atoms with Crippen LogP contribution in [0, 0.1) is 0 Å². The fraction of sp³-hybridized carbons (Fsp3) is 0.400. The van der Waals surface area contributed by atoms with Gasteiger partial charge in [-0.3, -0.25) is 4.84 Å². The van der Waals surface area contributed by atoms with Crippen LogP contribution in [0.25, 0.3) is 0 Å². The monoisotopic (exact) mass is 341 g/mol. The van der Waals surface area contributed by atoms with Crippen molar-refractivity contribution in [3.63, 3.8) is 0 Å². The Kier molecular flexibility index (Phi) is 4.92. The third-order valence-corrected chi connectivity index (χ3v) is 9.87. The summed E-state index contributed by atoms with van der Waals surface area (Å²) in [5.41, 5.74) is 3.02. The molecule has 3 nitrogen and oxygen atoms in total. The number of hydrogen-bond acceptors (Lipinski definition) is 3. The van der Waals surface area contributed by atoms with Crippen molar-refractivity contribution in [1.29, 1.82) is 0 Å². The van der Waals surface area contributed by atoms with Gasteiger partial charge in [-0.05, 0) is 22.3 Å². The number of rotatable bonds is 5. The van der Waals surface area contributed by atoms with Crippen LogP contribution in [-0.4, -0.2) is 27.1 Å². The lowest BCUT2D eigenvalue weighted by Crippen LogP contribution is -2.68. The average molecular weight is 342 g/mol. The molecule has 1 fully saturated rings. The molecule has 1 heterocycles. The summed E-state index contributed by atoms with van der Waals surface area (Å²) in [7, 11) is -2.42. The van der Waals surface area contributed by atoms with Gasteiger partial charge in [0, 0.05) is 0 Å². The summed E-state index contributed by atoms with van der Waals surface area (Å²) in [5, 5.41) is 2.65. The summed E-state index contributed by atoms with van der Waals surface area (Å²) < 4.78 is 6.84. The second-order valence-electron chi connectivity index (χ2n) is 7.52. The van der Waals surface area contributed by atoms with Crippen molar-refractivity contribution in [1.82, 2.24) is 5.48 Å². The van der Waals surface area contributed by atoms with Crippen LogP contribution in [0.4, 0.5) is 0 Å². The SMILES string of the molecule is C[C@@H]1ON[C@H]1CO[Si](c1ccccc1)(c1ccccc1)C(C)(C)C. The first-order valence-corrected chi connectivity index (χ1v) is 10.5. The standard InChI is InChI=1S/C20H27NO2Si/c1-16-19(21-23-16)15-22-24(20(2,3)4,17-11-7-5-8-12-17)18-13-9-6-10-14-18/h5-14,16,19,21H,15H2,1-4H3/t16-,19-/m0/s1. The number of benzene rings is 2. The molecular formula is C20H27NO2Si. The highest BCUT2D eigenvalue weighted by molar-refractivity contribution is 6.99. The van der Waals surface area contributed by atoms with Gasteiger partial charge < -0.3 is 4.43 Å². The van der Waals surface area contributed by atoms with Gasteiger partial charge in [-0.2, -0.15) is 5.48 Å². The summed E-state index contributed by atoms with van der Waals surface area (Å²) in [6, 6.07) is 21.7. The minimum absolute atomic E-state index is 0.0174. The molecule has 0 spiro atoms. The maximum absolute atomic E-state index is 6.84. The lowest BCUT2D eigenvalue weighted by Gasteiger charge is -2.45. The van der Waals surface area contributed by atoms with Gasteiger partial charge in [-0.15, -0.1) is 0 Å². The summed E-state index contributed by atoms with van der Waals surface area (Å²) in [6.45, 7) is 9.64. The second-order valence-corrected chi connectivity index (χ2v) is 11.8. The van der Waals surface area contributed by atoms with E-state index in [9.17, 15) is 0 Å². The van der Waals surface area contributed by atoms with Crippen molar-refractivity contribution in [3.8, 4) is 0 Å². The Morgan fingerprint density at radius 2 is 1.46 bits per heavy atom. The second kappa shape index (κ2) is 6.80. The quantitative estimate of drug-likeness (QED) is 0.849. The molecule has 3 rings (SSSR count). The molecule has 0 saturated carbocycles. The zero-order chi connectivity index (χ0) is 17.2. The van der Waals surface area contributed by atoms with Crippen molar-refractivity contribution in [2.45, 2.75) is 44.9 Å². The minimum atomic E-state index is -2.42. The summed E-state index contributed by atoms with van der Waals surface area (Å²) in [6.07, 6.45) is 0.197. The van der Waals surface area contributed by atoms with E-state index in [-0.39, 0.29) is 17.2 Å². The fourth-order valence-electron chi connectivity index (χ4n) is 3.45. The van der Waals surface area contributed by atoms with Crippen molar-refractivity contribution in [2.24, 2.45) is 0 Å². The molecule has 4 heteroatoms. The van der Waals surface area contributed by atoms with E-state index in [1.165, 1.54) is 10.4 Å². The van der Waals surface area contributed by atoms with E-state index in [1.807, 2.05) is 0 Å². The van der Waals surface area contributed by atoms with Crippen molar-refractivity contribution < 1.29 is 9.26 Å². The average Bonchev–Trinajstić information content (AvgIpc) is 2.58. The highest BCUT2D eigenvalue weighted by atomic mass is 28.4. The Morgan fingerprint density at radius 1 is 0.958 bits per heavy atom. The van der Waals surface area contributed by atoms with Crippen LogP contribution in [-0.2, 0) is 9.26 Å². The maximum atomic E-state index is 6.84. The summed E-state index contributed by atoms with van der Waals surface area (Å²) in [5.74, 6) is 0. The number of nitrogens with one attached hydrogen (secondary N) is 1. The third-order valence-electron chi connectivity index (χ3n) is 4.87. The normalized spacial score (nSPS) is 21.3. The minimum Gasteiger partial charge on any atom is -0.406 e. The van der Waals surface area contributed by atoms with Crippen molar-refractivity contribution in [2.75, 3.05) is 6.61 Å². The van der Waals surface area contributed by atoms with E-state index in [1.54, 1.807) is 0 Å². The van der Waals surface area contributed by atoms with Crippen LogP contribution in [0.1, 0.15) is 27.7 Å². The Morgan fingerprint density at radius 3 is 1.79 bits per heavy atom. The molecule has 1 aliphatic rings. The zero-order valence-corrected chi connectivity index (χ0v) is 16.0. The lowest BCUT2D eigenvalue weighted by atomic mass is 10.2. The molecule has 0 aliphatic carbocycles. The molecule has 0 bridgehead atoms. The largest absolute Gasteiger partial charge is 0.406 e. The van der Waals surface area contributed by atoms with E-state index >= 15 is 0 Å². The highest BCUT2D eigenvalue weighted by Gasteiger charge is 2.50. The first kappa shape index (κ1) is 17.4. The van der Waals surface area contributed by atoms with Crippen LogP contribution >= 0.6 is 0 Å². The van der Waals surface area contributed by atoms with Crippen LogP contribution in [0.15, 0.2) is 60.7 Å². The van der Waals surface area contributed by atoms with E-state index in [0.29, 0.717) is 6.61 Å². The van der Waals surface area contributed by atoms with Gasteiger partial charge in [0.15, 0.2) is 0 Å². The highest BCUT2D eigenvalue weighted by Crippen LogP contribution is 2.37. The topological polar surface area (TPSA) is 30.5 Å². The maximum Gasteiger partial charge on any atom is 0.261 e. The van der Waals surface area contributed by atoms with Gasteiger partial charge in [-0.25, -0.2) is 0 Å². The van der Waals surface area contributed by atoms with Gasteiger partial charge in [0.05, 0.1) is 18.8 Å². The predicted octanol–water partition coefficient (Wildman–Crippen LogP) is 2.85. The summed E-state index contributed by atoms with van der Waals surface area (Å²) in [4.78, 5) is 5.29. The van der Waals surface area contributed by atoms with Gasteiger partial charge in [0.1, 0.15) is 0 Å². The first-order valence-electron chi connectivity index (χ1n) is 8.61. The van der Waals surface area contributed by atoms with Gasteiger partial charge in [0.25, 0.3) is 8.32 Å². The molecule has 1 N–H and O–H groups in total. The van der Waals surface area contributed by atoms with Crippen LogP contribution in [0.3, 0.4) is 0 Å².